The highest BCUT2D eigenvalue weighted by Gasteiger charge is 2.18. The van der Waals surface area contributed by atoms with Crippen LogP contribution < -0.4 is 14.8 Å². The number of aryl methyl sites for hydroxylation is 1. The van der Waals surface area contributed by atoms with Gasteiger partial charge in [0, 0.05) is 14.5 Å². The number of nitrogens with one attached hydrogen (secondary N) is 1. The van der Waals surface area contributed by atoms with E-state index in [9.17, 15) is 4.79 Å². The average Bonchev–Trinajstić information content (AvgIpc) is 2.56. The Morgan fingerprint density at radius 1 is 1.22 bits per heavy atom. The highest BCUT2D eigenvalue weighted by atomic mass is 127. The predicted octanol–water partition coefficient (Wildman–Crippen LogP) is 4.35. The van der Waals surface area contributed by atoms with Gasteiger partial charge in [-0.15, -0.1) is 11.8 Å². The van der Waals surface area contributed by atoms with Crippen LogP contribution in [0, 0.1) is 10.5 Å². The molecule has 6 heteroatoms. The van der Waals surface area contributed by atoms with Crippen LogP contribution in [0.25, 0.3) is 0 Å². The van der Waals surface area contributed by atoms with Crippen LogP contribution in [-0.2, 0) is 0 Å². The molecule has 0 saturated carbocycles. The highest BCUT2D eigenvalue weighted by molar-refractivity contribution is 14.1. The van der Waals surface area contributed by atoms with Crippen LogP contribution in [0.2, 0.25) is 0 Å². The van der Waals surface area contributed by atoms with Gasteiger partial charge in [-0.2, -0.15) is 0 Å². The number of ether oxygens (including phenoxy) is 2. The fourth-order valence-corrected chi connectivity index (χ4v) is 3.51. The fourth-order valence-electron chi connectivity index (χ4n) is 2.35. The first-order chi connectivity index (χ1) is 11.1. The number of carbonyl (C=O) groups is 1. The summed E-state index contributed by atoms with van der Waals surface area (Å²) >= 11 is 3.77. The van der Waals surface area contributed by atoms with Crippen molar-refractivity contribution in [2.45, 2.75) is 11.8 Å². The summed E-state index contributed by atoms with van der Waals surface area (Å²) in [6.45, 7) is 3.07. The Kier molecular flexibility index (Phi) is 5.01. The second kappa shape index (κ2) is 7.00. The molecule has 0 fully saturated rings. The highest BCUT2D eigenvalue weighted by Crippen LogP contribution is 2.39. The van der Waals surface area contributed by atoms with E-state index in [-0.39, 0.29) is 5.91 Å². The summed E-state index contributed by atoms with van der Waals surface area (Å²) in [4.78, 5) is 13.6. The van der Waals surface area contributed by atoms with Crippen LogP contribution in [0.3, 0.4) is 0 Å². The van der Waals surface area contributed by atoms with Crippen molar-refractivity contribution in [3.05, 3.63) is 45.0 Å². The number of fused-ring (bicyclic) bond motifs is 1. The first kappa shape index (κ1) is 16.4. The van der Waals surface area contributed by atoms with Crippen LogP contribution in [0.5, 0.6) is 11.5 Å². The molecule has 1 N–H and O–H groups in total. The molecule has 0 saturated heterocycles. The zero-order valence-corrected chi connectivity index (χ0v) is 15.8. The molecule has 0 spiro atoms. The van der Waals surface area contributed by atoms with Crippen LogP contribution in [0.15, 0.2) is 35.2 Å². The van der Waals surface area contributed by atoms with Gasteiger partial charge in [0.2, 0.25) is 0 Å². The summed E-state index contributed by atoms with van der Waals surface area (Å²) < 4.78 is 12.2. The summed E-state index contributed by atoms with van der Waals surface area (Å²) in [6.07, 6.45) is 1.97. The summed E-state index contributed by atoms with van der Waals surface area (Å²) in [5.74, 6) is 1.28. The van der Waals surface area contributed by atoms with Crippen molar-refractivity contribution in [1.29, 1.82) is 0 Å². The number of anilines is 1. The SMILES string of the molecule is CSc1cc2c(cc1NC(=O)c1cccc(C)c1I)OCCO2. The van der Waals surface area contributed by atoms with E-state index in [1.807, 2.05) is 43.5 Å². The van der Waals surface area contributed by atoms with Gasteiger partial charge in [0.1, 0.15) is 13.2 Å². The molecule has 2 aromatic carbocycles. The minimum absolute atomic E-state index is 0.120. The molecular weight excluding hydrogens is 425 g/mol. The fraction of sp³-hybridized carbons (Fsp3) is 0.235. The molecule has 0 unspecified atom stereocenters. The van der Waals surface area contributed by atoms with E-state index in [1.54, 1.807) is 11.8 Å². The maximum atomic E-state index is 12.6. The summed E-state index contributed by atoms with van der Waals surface area (Å²) in [5.41, 5.74) is 2.50. The molecule has 3 rings (SSSR count). The van der Waals surface area contributed by atoms with Gasteiger partial charge in [0.25, 0.3) is 5.91 Å². The van der Waals surface area contributed by atoms with E-state index in [4.69, 9.17) is 9.47 Å². The zero-order valence-electron chi connectivity index (χ0n) is 12.8. The first-order valence-corrected chi connectivity index (χ1v) is 9.44. The lowest BCUT2D eigenvalue weighted by Crippen LogP contribution is -2.17. The summed E-state index contributed by atoms with van der Waals surface area (Å²) in [6, 6.07) is 9.47. The molecule has 23 heavy (non-hydrogen) atoms. The third-order valence-electron chi connectivity index (χ3n) is 3.55. The Morgan fingerprint density at radius 3 is 2.61 bits per heavy atom. The largest absolute Gasteiger partial charge is 0.486 e. The quantitative estimate of drug-likeness (QED) is 0.569. The second-order valence-electron chi connectivity index (χ2n) is 5.09. The van der Waals surface area contributed by atoms with E-state index < -0.39 is 0 Å². The van der Waals surface area contributed by atoms with Gasteiger partial charge in [-0.25, -0.2) is 0 Å². The van der Waals surface area contributed by atoms with Crippen molar-refractivity contribution in [3.63, 3.8) is 0 Å². The van der Waals surface area contributed by atoms with E-state index in [0.717, 1.165) is 25.5 Å². The molecule has 4 nitrogen and oxygen atoms in total. The number of carbonyl (C=O) groups excluding carboxylic acids is 1. The molecule has 1 aliphatic rings. The van der Waals surface area contributed by atoms with Gasteiger partial charge < -0.3 is 14.8 Å². The molecule has 120 valence electrons. The number of hydrogen-bond acceptors (Lipinski definition) is 4. The number of thioether (sulfide) groups is 1. The number of rotatable bonds is 3. The first-order valence-electron chi connectivity index (χ1n) is 7.14. The minimum atomic E-state index is -0.120. The molecule has 0 atom stereocenters. The molecule has 0 radical (unpaired) electrons. The Morgan fingerprint density at radius 2 is 1.91 bits per heavy atom. The molecule has 2 aromatic rings. The Bertz CT molecular complexity index is 764. The number of halogens is 1. The predicted molar refractivity (Wildman–Crippen MR) is 101 cm³/mol. The van der Waals surface area contributed by atoms with Crippen molar-refractivity contribution in [3.8, 4) is 11.5 Å². The lowest BCUT2D eigenvalue weighted by atomic mass is 10.1. The van der Waals surface area contributed by atoms with E-state index in [1.165, 1.54) is 0 Å². The normalized spacial score (nSPS) is 12.8. The number of amides is 1. The van der Waals surface area contributed by atoms with Crippen LogP contribution in [0.4, 0.5) is 5.69 Å². The molecule has 1 heterocycles. The van der Waals surface area contributed by atoms with Gasteiger partial charge >= 0.3 is 0 Å². The topological polar surface area (TPSA) is 47.6 Å². The molecule has 0 aliphatic carbocycles. The van der Waals surface area contributed by atoms with Crippen molar-refractivity contribution in [2.24, 2.45) is 0 Å². The molecule has 1 aliphatic heterocycles. The standard InChI is InChI=1S/C17H16INO3S/c1-10-4-3-5-11(16(10)18)17(20)19-12-8-13-14(9-15(12)23-2)22-7-6-21-13/h3-5,8-9H,6-7H2,1-2H3,(H,19,20). The van der Waals surface area contributed by atoms with Gasteiger partial charge in [0.05, 0.1) is 11.3 Å². The average molecular weight is 441 g/mol. The summed E-state index contributed by atoms with van der Waals surface area (Å²) in [5, 5.41) is 3.00. The number of benzene rings is 2. The third kappa shape index (κ3) is 3.42. The molecule has 0 aromatic heterocycles. The maximum Gasteiger partial charge on any atom is 0.256 e. The van der Waals surface area contributed by atoms with Crippen molar-refractivity contribution < 1.29 is 14.3 Å². The van der Waals surface area contributed by atoms with Crippen LogP contribution in [-0.4, -0.2) is 25.4 Å². The van der Waals surface area contributed by atoms with Crippen LogP contribution in [0.1, 0.15) is 15.9 Å². The van der Waals surface area contributed by atoms with Gasteiger partial charge in [0.15, 0.2) is 11.5 Å². The van der Waals surface area contributed by atoms with E-state index >= 15 is 0 Å². The third-order valence-corrected chi connectivity index (χ3v) is 5.76. The Hall–Kier alpha value is -1.41. The van der Waals surface area contributed by atoms with Crippen molar-refractivity contribution in [2.75, 3.05) is 24.8 Å². The smallest absolute Gasteiger partial charge is 0.256 e. The monoisotopic (exact) mass is 441 g/mol. The summed E-state index contributed by atoms with van der Waals surface area (Å²) in [7, 11) is 0. The molecule has 1 amide bonds. The minimum Gasteiger partial charge on any atom is -0.486 e. The van der Waals surface area contributed by atoms with Gasteiger partial charge in [-0.1, -0.05) is 12.1 Å². The molecular formula is C17H16INO3S. The van der Waals surface area contributed by atoms with Crippen molar-refractivity contribution >= 4 is 45.9 Å². The lowest BCUT2D eigenvalue weighted by Gasteiger charge is -2.21. The number of hydrogen-bond donors (Lipinski definition) is 1. The van der Waals surface area contributed by atoms with Gasteiger partial charge in [-0.3, -0.25) is 4.79 Å². The lowest BCUT2D eigenvalue weighted by molar-refractivity contribution is 0.102. The zero-order chi connectivity index (χ0) is 16.4. The maximum absolute atomic E-state index is 12.6. The van der Waals surface area contributed by atoms with Crippen molar-refractivity contribution in [1.82, 2.24) is 0 Å². The van der Waals surface area contributed by atoms with Gasteiger partial charge in [-0.05, 0) is 53.5 Å². The molecule has 0 bridgehead atoms. The second-order valence-corrected chi connectivity index (χ2v) is 7.01. The van der Waals surface area contributed by atoms with Crippen LogP contribution >= 0.6 is 34.4 Å². The van der Waals surface area contributed by atoms with E-state index in [2.05, 4.69) is 27.9 Å². The van der Waals surface area contributed by atoms with E-state index in [0.29, 0.717) is 24.5 Å². The Labute approximate surface area is 153 Å². The Balaban J connectivity index is 1.92.